The fourth-order valence-corrected chi connectivity index (χ4v) is 1.64. The number of aryl methyl sites for hydroxylation is 1. The van der Waals surface area contributed by atoms with Gasteiger partial charge in [0.1, 0.15) is 11.5 Å². The Kier molecular flexibility index (Phi) is 3.95. The maximum absolute atomic E-state index is 10.7. The molecule has 0 fully saturated rings. The fourth-order valence-electron chi connectivity index (χ4n) is 1.64. The third-order valence-electron chi connectivity index (χ3n) is 2.80. The molecule has 0 amide bonds. The molecule has 0 aliphatic rings. The third-order valence-corrected chi connectivity index (χ3v) is 2.80. The quantitative estimate of drug-likeness (QED) is 0.683. The standard InChI is InChI=1S/C14H14N2O4/c1-9-3-4-11(16(18)19)7-14(9)20-12-5-6-13(10(2)17)15-8-12/h3-8,10,17H,1-2H3/t10-/m0/s1. The van der Waals surface area contributed by atoms with Gasteiger partial charge in [0.05, 0.1) is 29.0 Å². The van der Waals surface area contributed by atoms with Crippen LogP contribution in [0.4, 0.5) is 5.69 Å². The van der Waals surface area contributed by atoms with E-state index in [-0.39, 0.29) is 5.69 Å². The van der Waals surface area contributed by atoms with Crippen LogP contribution in [0.5, 0.6) is 11.5 Å². The molecule has 0 aliphatic heterocycles. The molecule has 20 heavy (non-hydrogen) atoms. The second-order valence-corrected chi connectivity index (χ2v) is 4.40. The van der Waals surface area contributed by atoms with Crippen LogP contribution in [0, 0.1) is 17.0 Å². The lowest BCUT2D eigenvalue weighted by Crippen LogP contribution is -1.96. The van der Waals surface area contributed by atoms with Crippen molar-refractivity contribution in [2.75, 3.05) is 0 Å². The number of pyridine rings is 1. The first kappa shape index (κ1) is 14.0. The molecule has 6 nitrogen and oxygen atoms in total. The molecule has 1 atom stereocenters. The summed E-state index contributed by atoms with van der Waals surface area (Å²) in [6, 6.07) is 7.74. The molecule has 104 valence electrons. The Morgan fingerprint density at radius 3 is 2.65 bits per heavy atom. The van der Waals surface area contributed by atoms with Crippen molar-refractivity contribution in [3.63, 3.8) is 0 Å². The van der Waals surface area contributed by atoms with E-state index in [1.807, 2.05) is 0 Å². The largest absolute Gasteiger partial charge is 0.455 e. The van der Waals surface area contributed by atoms with E-state index in [0.717, 1.165) is 5.56 Å². The number of ether oxygens (including phenoxy) is 1. The van der Waals surface area contributed by atoms with Crippen molar-refractivity contribution in [2.45, 2.75) is 20.0 Å². The lowest BCUT2D eigenvalue weighted by Gasteiger charge is -2.09. The van der Waals surface area contributed by atoms with E-state index in [1.54, 1.807) is 32.0 Å². The summed E-state index contributed by atoms with van der Waals surface area (Å²) in [6.45, 7) is 3.42. The van der Waals surface area contributed by atoms with Crippen molar-refractivity contribution in [1.29, 1.82) is 0 Å². The minimum Gasteiger partial charge on any atom is -0.455 e. The van der Waals surface area contributed by atoms with Crippen LogP contribution in [0.3, 0.4) is 0 Å². The van der Waals surface area contributed by atoms with Crippen LogP contribution < -0.4 is 4.74 Å². The smallest absolute Gasteiger partial charge is 0.273 e. The van der Waals surface area contributed by atoms with Crippen molar-refractivity contribution in [2.24, 2.45) is 0 Å². The van der Waals surface area contributed by atoms with Crippen LogP contribution in [0.25, 0.3) is 0 Å². The van der Waals surface area contributed by atoms with Crippen molar-refractivity contribution in [3.05, 3.63) is 57.9 Å². The lowest BCUT2D eigenvalue weighted by molar-refractivity contribution is -0.384. The number of benzene rings is 1. The highest BCUT2D eigenvalue weighted by Crippen LogP contribution is 2.28. The first-order chi connectivity index (χ1) is 9.47. The van der Waals surface area contributed by atoms with Gasteiger partial charge in [-0.05, 0) is 37.6 Å². The number of aliphatic hydroxyl groups excluding tert-OH is 1. The summed E-state index contributed by atoms with van der Waals surface area (Å²) in [5.74, 6) is 0.865. The SMILES string of the molecule is Cc1ccc([N+](=O)[O-])cc1Oc1ccc([C@H](C)O)nc1. The summed E-state index contributed by atoms with van der Waals surface area (Å²) in [5, 5.41) is 20.1. The maximum atomic E-state index is 10.7. The second-order valence-electron chi connectivity index (χ2n) is 4.40. The molecule has 2 rings (SSSR count). The van der Waals surface area contributed by atoms with Gasteiger partial charge < -0.3 is 9.84 Å². The van der Waals surface area contributed by atoms with E-state index in [0.29, 0.717) is 17.2 Å². The molecular weight excluding hydrogens is 260 g/mol. The average molecular weight is 274 g/mol. The van der Waals surface area contributed by atoms with E-state index < -0.39 is 11.0 Å². The van der Waals surface area contributed by atoms with Gasteiger partial charge in [-0.2, -0.15) is 0 Å². The van der Waals surface area contributed by atoms with Crippen LogP contribution in [-0.4, -0.2) is 15.0 Å². The summed E-state index contributed by atoms with van der Waals surface area (Å²) >= 11 is 0. The molecule has 6 heteroatoms. The first-order valence-electron chi connectivity index (χ1n) is 6.04. The lowest BCUT2D eigenvalue weighted by atomic mass is 10.2. The molecule has 0 spiro atoms. The number of nitrogens with zero attached hydrogens (tertiary/aromatic N) is 2. The number of hydrogen-bond acceptors (Lipinski definition) is 5. The van der Waals surface area contributed by atoms with Crippen LogP contribution in [-0.2, 0) is 0 Å². The van der Waals surface area contributed by atoms with Gasteiger partial charge in [0.2, 0.25) is 0 Å². The Labute approximate surface area is 115 Å². The fraction of sp³-hybridized carbons (Fsp3) is 0.214. The number of nitro benzene ring substituents is 1. The number of hydrogen-bond donors (Lipinski definition) is 1. The average Bonchev–Trinajstić information content (AvgIpc) is 2.41. The number of non-ortho nitro benzene ring substituents is 1. The molecule has 1 heterocycles. The molecule has 1 N–H and O–H groups in total. The van der Waals surface area contributed by atoms with E-state index in [9.17, 15) is 15.2 Å². The Hall–Kier alpha value is -2.47. The summed E-state index contributed by atoms with van der Waals surface area (Å²) in [7, 11) is 0. The van der Waals surface area contributed by atoms with Gasteiger partial charge in [-0.25, -0.2) is 0 Å². The molecular formula is C14H14N2O4. The van der Waals surface area contributed by atoms with E-state index in [2.05, 4.69) is 4.98 Å². The predicted octanol–water partition coefficient (Wildman–Crippen LogP) is 3.14. The molecule has 0 radical (unpaired) electrons. The van der Waals surface area contributed by atoms with Crippen LogP contribution >= 0.6 is 0 Å². The van der Waals surface area contributed by atoms with E-state index >= 15 is 0 Å². The van der Waals surface area contributed by atoms with Crippen LogP contribution in [0.2, 0.25) is 0 Å². The molecule has 0 unspecified atom stereocenters. The highest BCUT2D eigenvalue weighted by molar-refractivity contribution is 5.45. The Morgan fingerprint density at radius 2 is 2.10 bits per heavy atom. The van der Waals surface area contributed by atoms with Crippen molar-refractivity contribution < 1.29 is 14.8 Å². The van der Waals surface area contributed by atoms with Crippen molar-refractivity contribution in [3.8, 4) is 11.5 Å². The maximum Gasteiger partial charge on any atom is 0.273 e. The Bertz CT molecular complexity index is 624. The normalized spacial score (nSPS) is 11.9. The zero-order valence-corrected chi connectivity index (χ0v) is 11.1. The summed E-state index contributed by atoms with van der Waals surface area (Å²) < 4.78 is 5.59. The van der Waals surface area contributed by atoms with Crippen LogP contribution in [0.15, 0.2) is 36.5 Å². The molecule has 1 aromatic carbocycles. The topological polar surface area (TPSA) is 85.5 Å². The van der Waals surface area contributed by atoms with Gasteiger partial charge >= 0.3 is 0 Å². The second kappa shape index (κ2) is 5.66. The third kappa shape index (κ3) is 3.10. The first-order valence-corrected chi connectivity index (χ1v) is 6.04. The molecule has 2 aromatic rings. The Balaban J connectivity index is 2.25. The van der Waals surface area contributed by atoms with Gasteiger partial charge in [-0.15, -0.1) is 0 Å². The zero-order chi connectivity index (χ0) is 14.7. The van der Waals surface area contributed by atoms with E-state index in [4.69, 9.17) is 4.74 Å². The minimum atomic E-state index is -0.649. The molecule has 0 bridgehead atoms. The van der Waals surface area contributed by atoms with Gasteiger partial charge in [0, 0.05) is 6.07 Å². The highest BCUT2D eigenvalue weighted by atomic mass is 16.6. The monoisotopic (exact) mass is 274 g/mol. The van der Waals surface area contributed by atoms with Crippen LogP contribution in [0.1, 0.15) is 24.3 Å². The molecule has 0 saturated heterocycles. The van der Waals surface area contributed by atoms with Crippen molar-refractivity contribution >= 4 is 5.69 Å². The number of aromatic nitrogens is 1. The number of rotatable bonds is 4. The molecule has 0 saturated carbocycles. The van der Waals surface area contributed by atoms with Gasteiger partial charge in [-0.3, -0.25) is 15.1 Å². The Morgan fingerprint density at radius 1 is 1.35 bits per heavy atom. The number of nitro groups is 1. The van der Waals surface area contributed by atoms with Crippen molar-refractivity contribution in [1.82, 2.24) is 4.98 Å². The number of aliphatic hydroxyl groups is 1. The summed E-state index contributed by atoms with van der Waals surface area (Å²) in [6.07, 6.45) is 0.823. The molecule has 0 aliphatic carbocycles. The van der Waals surface area contributed by atoms with Gasteiger partial charge in [0.15, 0.2) is 0 Å². The van der Waals surface area contributed by atoms with E-state index in [1.165, 1.54) is 18.3 Å². The van der Waals surface area contributed by atoms with Gasteiger partial charge in [0.25, 0.3) is 5.69 Å². The molecule has 1 aromatic heterocycles. The summed E-state index contributed by atoms with van der Waals surface area (Å²) in [5.41, 5.74) is 1.29. The zero-order valence-electron chi connectivity index (χ0n) is 11.1. The summed E-state index contributed by atoms with van der Waals surface area (Å²) in [4.78, 5) is 14.3. The minimum absolute atomic E-state index is 0.0286. The highest BCUT2D eigenvalue weighted by Gasteiger charge is 2.11. The predicted molar refractivity (Wildman–Crippen MR) is 72.8 cm³/mol. The van der Waals surface area contributed by atoms with Gasteiger partial charge in [-0.1, -0.05) is 0 Å².